The van der Waals surface area contributed by atoms with Crippen LogP contribution in [-0.4, -0.2) is 46.5 Å². The Kier molecular flexibility index (Phi) is 6.36. The minimum absolute atomic E-state index is 0.0594. The van der Waals surface area contributed by atoms with Crippen LogP contribution in [0.25, 0.3) is 11.8 Å². The fourth-order valence-corrected chi connectivity index (χ4v) is 5.15. The zero-order valence-corrected chi connectivity index (χ0v) is 22.4. The van der Waals surface area contributed by atoms with Gasteiger partial charge in [-0.1, -0.05) is 25.5 Å². The molecule has 2 aliphatic rings. The van der Waals surface area contributed by atoms with Crippen molar-refractivity contribution in [3.8, 4) is 17.2 Å². The van der Waals surface area contributed by atoms with E-state index in [4.69, 9.17) is 4.74 Å². The Morgan fingerprint density at radius 1 is 1.02 bits per heavy atom. The summed E-state index contributed by atoms with van der Waals surface area (Å²) in [5, 5.41) is 3.00. The summed E-state index contributed by atoms with van der Waals surface area (Å²) >= 11 is 0. The number of aliphatic imine (C=N–C) groups is 1. The van der Waals surface area contributed by atoms with E-state index in [0.717, 1.165) is 46.8 Å². The summed E-state index contributed by atoms with van der Waals surface area (Å²) in [6, 6.07) is 9.52. The monoisotopic (exact) mass is 583 g/mol. The van der Waals surface area contributed by atoms with E-state index in [2.05, 4.69) is 14.2 Å². The minimum Gasteiger partial charge on any atom is -0.495 e. The number of fused-ring (bicyclic) bond motifs is 1. The number of methoxy groups -OCH3 is 1. The number of hydrogen-bond donors (Lipinski definition) is 0. The average Bonchev–Trinajstić information content (AvgIpc) is 3.22. The van der Waals surface area contributed by atoms with Crippen molar-refractivity contribution in [3.63, 3.8) is 0 Å². The van der Waals surface area contributed by atoms with Crippen molar-refractivity contribution < 1.29 is 33.1 Å². The standard InChI is InChI=1S/C26H26F5N5O3S/c1-18-16-34(17-33-18)23-10-5-19(15-24(23)38-2)14-20-4-3-13-35-26(20)32-12-11-25(37)36(35)21-6-8-22(9-7-21)39-40(27,28,29,30)31/h5-10,14-17H,3-4,11-13H2,1-2H3. The molecule has 0 bridgehead atoms. The smallest absolute Gasteiger partial charge is 0.435 e. The molecule has 8 nitrogen and oxygen atoms in total. The van der Waals surface area contributed by atoms with Gasteiger partial charge in [0.2, 0.25) is 5.91 Å². The number of aromatic nitrogens is 2. The van der Waals surface area contributed by atoms with Gasteiger partial charge in [-0.15, -0.1) is 0 Å². The predicted octanol–water partition coefficient (Wildman–Crippen LogP) is 7.01. The Hall–Kier alpha value is -4.07. The van der Waals surface area contributed by atoms with Crippen LogP contribution in [0, 0.1) is 6.92 Å². The van der Waals surface area contributed by atoms with E-state index >= 15 is 0 Å². The Morgan fingerprint density at radius 3 is 2.42 bits per heavy atom. The van der Waals surface area contributed by atoms with Gasteiger partial charge in [-0.2, -0.15) is 0 Å². The molecule has 0 unspecified atom stereocenters. The van der Waals surface area contributed by atoms with Crippen LogP contribution in [0.1, 0.15) is 30.5 Å². The van der Waals surface area contributed by atoms with E-state index < -0.39 is 16.3 Å². The van der Waals surface area contributed by atoms with Crippen LogP contribution < -0.4 is 13.9 Å². The molecule has 0 N–H and O–H groups in total. The zero-order valence-electron chi connectivity index (χ0n) is 21.6. The molecule has 3 aromatic rings. The maximum atomic E-state index is 13.0. The lowest BCUT2D eigenvalue weighted by Gasteiger charge is -2.40. The van der Waals surface area contributed by atoms with Crippen molar-refractivity contribution in [3.05, 3.63) is 71.8 Å². The maximum absolute atomic E-state index is 13.0. The van der Waals surface area contributed by atoms with Crippen LogP contribution in [0.4, 0.5) is 25.1 Å². The molecule has 14 heteroatoms. The van der Waals surface area contributed by atoms with Crippen molar-refractivity contribution >= 4 is 34.0 Å². The molecule has 5 rings (SSSR count). The summed E-state index contributed by atoms with van der Waals surface area (Å²) < 4.78 is 74.3. The number of amidine groups is 1. The highest BCUT2D eigenvalue weighted by atomic mass is 32.5. The average molecular weight is 584 g/mol. The predicted molar refractivity (Wildman–Crippen MR) is 143 cm³/mol. The first kappa shape index (κ1) is 27.5. The number of rotatable bonds is 6. The quantitative estimate of drug-likeness (QED) is 0.292. The van der Waals surface area contributed by atoms with Gasteiger partial charge < -0.3 is 13.5 Å². The van der Waals surface area contributed by atoms with Crippen LogP contribution in [0.2, 0.25) is 0 Å². The van der Waals surface area contributed by atoms with E-state index in [1.165, 1.54) is 5.01 Å². The molecule has 0 aliphatic carbocycles. The molecule has 2 aromatic carbocycles. The Balaban J connectivity index is 1.44. The molecule has 0 saturated carbocycles. The zero-order chi connectivity index (χ0) is 28.8. The number of hydrogen-bond acceptors (Lipinski definition) is 6. The Labute approximate surface area is 227 Å². The molecule has 0 spiro atoms. The van der Waals surface area contributed by atoms with Gasteiger partial charge in [0.1, 0.15) is 17.3 Å². The van der Waals surface area contributed by atoms with Crippen LogP contribution in [0.15, 0.2) is 65.6 Å². The Bertz CT molecular complexity index is 1520. The fraction of sp³-hybridized carbons (Fsp3) is 0.269. The lowest BCUT2D eigenvalue weighted by Crippen LogP contribution is -2.51. The van der Waals surface area contributed by atoms with Crippen molar-refractivity contribution in [1.82, 2.24) is 14.6 Å². The molecule has 1 saturated heterocycles. The first-order valence-corrected chi connectivity index (χ1v) is 14.2. The van der Waals surface area contributed by atoms with Crippen molar-refractivity contribution in [1.29, 1.82) is 0 Å². The third-order valence-electron chi connectivity index (χ3n) is 6.28. The second-order valence-corrected chi connectivity index (χ2v) is 11.3. The second kappa shape index (κ2) is 9.25. The number of halogens is 5. The SMILES string of the molecule is COc1cc(C=C2CCCN3C2=NCCC(=O)N3c2ccc(OS(F)(F)(F)(F)F)cc2)ccc1-n1cnc(C)c1. The summed E-state index contributed by atoms with van der Waals surface area (Å²) in [5.41, 5.74) is 3.59. The van der Waals surface area contributed by atoms with E-state index in [9.17, 15) is 24.2 Å². The third-order valence-corrected chi connectivity index (χ3v) is 6.79. The highest BCUT2D eigenvalue weighted by Crippen LogP contribution is 2.97. The number of ether oxygens (including phenoxy) is 1. The lowest BCUT2D eigenvalue weighted by molar-refractivity contribution is -0.120. The molecule has 0 radical (unpaired) electrons. The summed E-state index contributed by atoms with van der Waals surface area (Å²) in [5.74, 6) is -0.213. The second-order valence-electron chi connectivity index (χ2n) is 9.39. The molecule has 0 atom stereocenters. The van der Waals surface area contributed by atoms with Gasteiger partial charge in [-0.05, 0) is 73.4 Å². The van der Waals surface area contributed by atoms with Crippen LogP contribution in [0.3, 0.4) is 0 Å². The van der Waals surface area contributed by atoms with E-state index in [-0.39, 0.29) is 24.6 Å². The Morgan fingerprint density at radius 2 is 1.77 bits per heavy atom. The number of nitrogens with zero attached hydrogens (tertiary/aromatic N) is 5. The minimum atomic E-state index is -10.1. The largest absolute Gasteiger partial charge is 0.495 e. The molecule has 2 aliphatic heterocycles. The number of piperidine rings is 1. The molecular weight excluding hydrogens is 557 g/mol. The summed E-state index contributed by atoms with van der Waals surface area (Å²) in [4.78, 5) is 22.0. The first-order chi connectivity index (χ1) is 18.7. The van der Waals surface area contributed by atoms with Crippen LogP contribution in [0.5, 0.6) is 11.5 Å². The van der Waals surface area contributed by atoms with Crippen LogP contribution in [-0.2, 0) is 4.79 Å². The van der Waals surface area contributed by atoms with Gasteiger partial charge in [0.15, 0.2) is 0 Å². The summed E-state index contributed by atoms with van der Waals surface area (Å²) in [6.07, 6.45) is 6.95. The molecule has 1 fully saturated rings. The summed E-state index contributed by atoms with van der Waals surface area (Å²) in [7, 11) is -8.54. The number of hydrazine groups is 1. The number of carbonyl (C=O) groups is 1. The van der Waals surface area contributed by atoms with E-state index in [0.29, 0.717) is 31.0 Å². The number of anilines is 1. The highest BCUT2D eigenvalue weighted by Gasteiger charge is 2.67. The molecule has 3 heterocycles. The maximum Gasteiger partial charge on any atom is 0.435 e. The van der Waals surface area contributed by atoms with E-state index in [1.807, 2.05) is 42.0 Å². The normalized spacial score (nSPS) is 18.9. The lowest BCUT2D eigenvalue weighted by atomic mass is 10.0. The number of amides is 1. The van der Waals surface area contributed by atoms with Crippen molar-refractivity contribution in [2.75, 3.05) is 25.2 Å². The number of imidazole rings is 1. The van der Waals surface area contributed by atoms with E-state index in [1.54, 1.807) is 18.4 Å². The van der Waals surface area contributed by atoms with Gasteiger partial charge >= 0.3 is 10.5 Å². The van der Waals surface area contributed by atoms with Gasteiger partial charge in [-0.3, -0.25) is 14.8 Å². The van der Waals surface area contributed by atoms with Gasteiger partial charge in [0, 0.05) is 19.2 Å². The molecule has 40 heavy (non-hydrogen) atoms. The number of carbonyl (C=O) groups excluding carboxylic acids is 1. The topological polar surface area (TPSA) is 72.2 Å². The van der Waals surface area contributed by atoms with Crippen molar-refractivity contribution in [2.24, 2.45) is 4.99 Å². The van der Waals surface area contributed by atoms with Gasteiger partial charge in [0.05, 0.1) is 37.1 Å². The van der Waals surface area contributed by atoms with Gasteiger partial charge in [-0.25, -0.2) is 9.99 Å². The fourth-order valence-electron chi connectivity index (χ4n) is 4.67. The van der Waals surface area contributed by atoms with Gasteiger partial charge in [0.25, 0.3) is 0 Å². The van der Waals surface area contributed by atoms with Crippen LogP contribution >= 0.6 is 10.5 Å². The molecular formula is C26H26F5N5O3S. The first-order valence-electron chi connectivity index (χ1n) is 12.3. The molecule has 1 amide bonds. The molecule has 214 valence electrons. The summed E-state index contributed by atoms with van der Waals surface area (Å²) in [6.45, 7) is 2.53. The number of aryl methyl sites for hydroxylation is 1. The van der Waals surface area contributed by atoms with Crippen molar-refractivity contribution in [2.45, 2.75) is 26.2 Å². The highest BCUT2D eigenvalue weighted by molar-refractivity contribution is 8.42. The third kappa shape index (κ3) is 6.22. The number of benzene rings is 2. The molecule has 1 aromatic heterocycles.